The van der Waals surface area contributed by atoms with Crippen molar-refractivity contribution in [3.8, 4) is 0 Å². The zero-order valence-corrected chi connectivity index (χ0v) is 15.4. The Morgan fingerprint density at radius 1 is 1.32 bits per heavy atom. The molecule has 1 aromatic heterocycles. The van der Waals surface area contributed by atoms with E-state index in [-0.39, 0.29) is 17.7 Å². The molecule has 0 aliphatic heterocycles. The number of nitrogens with one attached hydrogen (secondary N) is 2. The van der Waals surface area contributed by atoms with Crippen molar-refractivity contribution in [1.82, 2.24) is 15.1 Å². The van der Waals surface area contributed by atoms with Crippen LogP contribution in [0.25, 0.3) is 0 Å². The fourth-order valence-corrected chi connectivity index (χ4v) is 2.47. The van der Waals surface area contributed by atoms with E-state index < -0.39 is 0 Å². The summed E-state index contributed by atoms with van der Waals surface area (Å²) in [7, 11) is 0. The Balaban J connectivity index is 1.95. The number of carbonyl (C=O) groups is 2. The van der Waals surface area contributed by atoms with Gasteiger partial charge in [-0.1, -0.05) is 31.5 Å². The van der Waals surface area contributed by atoms with Crippen LogP contribution in [0.15, 0.2) is 30.6 Å². The highest BCUT2D eigenvalue weighted by Crippen LogP contribution is 2.18. The van der Waals surface area contributed by atoms with Crippen LogP contribution < -0.4 is 10.6 Å². The number of amides is 2. The van der Waals surface area contributed by atoms with Crippen LogP contribution >= 0.6 is 11.6 Å². The molecule has 0 saturated heterocycles. The van der Waals surface area contributed by atoms with Gasteiger partial charge < -0.3 is 10.6 Å². The van der Waals surface area contributed by atoms with Crippen molar-refractivity contribution in [2.24, 2.45) is 5.92 Å². The molecular formula is C18H23ClN4O2. The summed E-state index contributed by atoms with van der Waals surface area (Å²) < 4.78 is 1.66. The van der Waals surface area contributed by atoms with E-state index in [1.165, 1.54) is 0 Å². The van der Waals surface area contributed by atoms with E-state index in [9.17, 15) is 9.59 Å². The van der Waals surface area contributed by atoms with Gasteiger partial charge in [0.25, 0.3) is 5.91 Å². The first-order valence-corrected chi connectivity index (χ1v) is 8.59. The number of hydrogen-bond donors (Lipinski definition) is 2. The van der Waals surface area contributed by atoms with Crippen molar-refractivity contribution in [2.75, 3.05) is 11.9 Å². The van der Waals surface area contributed by atoms with E-state index in [2.05, 4.69) is 15.7 Å². The summed E-state index contributed by atoms with van der Waals surface area (Å²) in [6, 6.07) is 5.27. The van der Waals surface area contributed by atoms with E-state index >= 15 is 0 Å². The van der Waals surface area contributed by atoms with Gasteiger partial charge in [0.05, 0.1) is 17.8 Å². The van der Waals surface area contributed by atoms with E-state index in [1.54, 1.807) is 29.2 Å². The maximum absolute atomic E-state index is 12.3. The van der Waals surface area contributed by atoms with Crippen molar-refractivity contribution < 1.29 is 9.59 Å². The Kier molecular flexibility index (Phi) is 6.58. The minimum Gasteiger partial charge on any atom is -0.350 e. The summed E-state index contributed by atoms with van der Waals surface area (Å²) in [5, 5.41) is 10.3. The molecule has 0 unspecified atom stereocenters. The second-order valence-corrected chi connectivity index (χ2v) is 6.79. The Bertz CT molecular complexity index is 755. The van der Waals surface area contributed by atoms with Crippen LogP contribution in [0, 0.1) is 12.8 Å². The fourth-order valence-electron chi connectivity index (χ4n) is 2.32. The minimum atomic E-state index is -0.197. The molecule has 7 heteroatoms. The van der Waals surface area contributed by atoms with Gasteiger partial charge in [-0.25, -0.2) is 0 Å². The third-order valence-electron chi connectivity index (χ3n) is 3.60. The SMILES string of the molecule is Cc1ccc(C(=O)NCCn2cc(Cl)cn2)cc1NC(=O)CC(C)C. The molecule has 0 fully saturated rings. The van der Waals surface area contributed by atoms with Crippen LogP contribution in [0.3, 0.4) is 0 Å². The second-order valence-electron chi connectivity index (χ2n) is 6.35. The quantitative estimate of drug-likeness (QED) is 0.793. The molecule has 134 valence electrons. The fraction of sp³-hybridized carbons (Fsp3) is 0.389. The largest absolute Gasteiger partial charge is 0.350 e. The lowest BCUT2D eigenvalue weighted by atomic mass is 10.1. The van der Waals surface area contributed by atoms with Gasteiger partial charge in [0.15, 0.2) is 0 Å². The summed E-state index contributed by atoms with van der Waals surface area (Å²) in [6.07, 6.45) is 3.69. The smallest absolute Gasteiger partial charge is 0.251 e. The average molecular weight is 363 g/mol. The van der Waals surface area contributed by atoms with E-state index in [0.717, 1.165) is 5.56 Å². The number of rotatable bonds is 7. The van der Waals surface area contributed by atoms with Crippen molar-refractivity contribution >= 4 is 29.1 Å². The molecule has 0 aliphatic rings. The van der Waals surface area contributed by atoms with Crippen LogP contribution in [0.2, 0.25) is 5.02 Å². The maximum atomic E-state index is 12.3. The molecule has 2 aromatic rings. The summed E-state index contributed by atoms with van der Waals surface area (Å²) in [6.45, 7) is 6.84. The molecule has 2 rings (SSSR count). The predicted octanol–water partition coefficient (Wildman–Crippen LogP) is 3.26. The first kappa shape index (κ1) is 19.0. The van der Waals surface area contributed by atoms with Crippen molar-refractivity contribution in [2.45, 2.75) is 33.7 Å². The molecule has 0 radical (unpaired) electrons. The van der Waals surface area contributed by atoms with Crippen molar-refractivity contribution in [1.29, 1.82) is 0 Å². The third-order valence-corrected chi connectivity index (χ3v) is 3.79. The summed E-state index contributed by atoms with van der Waals surface area (Å²) in [4.78, 5) is 24.2. The highest BCUT2D eigenvalue weighted by Gasteiger charge is 2.11. The first-order valence-electron chi connectivity index (χ1n) is 8.22. The topological polar surface area (TPSA) is 76.0 Å². The summed E-state index contributed by atoms with van der Waals surface area (Å²) in [5.74, 6) is 0.0337. The van der Waals surface area contributed by atoms with Crippen LogP contribution in [0.1, 0.15) is 36.2 Å². The summed E-state index contributed by atoms with van der Waals surface area (Å²) in [5.41, 5.74) is 2.08. The monoisotopic (exact) mass is 362 g/mol. The van der Waals surface area contributed by atoms with E-state index in [0.29, 0.717) is 35.8 Å². The number of anilines is 1. The van der Waals surface area contributed by atoms with Gasteiger partial charge in [-0.15, -0.1) is 0 Å². The lowest BCUT2D eigenvalue weighted by Gasteiger charge is -2.12. The lowest BCUT2D eigenvalue weighted by Crippen LogP contribution is -2.27. The Morgan fingerprint density at radius 2 is 2.08 bits per heavy atom. The molecule has 25 heavy (non-hydrogen) atoms. The van der Waals surface area contributed by atoms with Gasteiger partial charge in [0.1, 0.15) is 0 Å². The normalized spacial score (nSPS) is 10.8. The van der Waals surface area contributed by atoms with Gasteiger partial charge in [-0.05, 0) is 30.5 Å². The molecular weight excluding hydrogens is 340 g/mol. The van der Waals surface area contributed by atoms with E-state index in [4.69, 9.17) is 11.6 Å². The molecule has 2 amide bonds. The van der Waals surface area contributed by atoms with Gasteiger partial charge >= 0.3 is 0 Å². The molecule has 0 saturated carbocycles. The molecule has 6 nitrogen and oxygen atoms in total. The van der Waals surface area contributed by atoms with Gasteiger partial charge in [0, 0.05) is 30.4 Å². The van der Waals surface area contributed by atoms with Crippen LogP contribution in [-0.2, 0) is 11.3 Å². The molecule has 1 aromatic carbocycles. The van der Waals surface area contributed by atoms with Crippen molar-refractivity contribution in [3.63, 3.8) is 0 Å². The van der Waals surface area contributed by atoms with Gasteiger partial charge in [0.2, 0.25) is 5.91 Å². The van der Waals surface area contributed by atoms with Gasteiger partial charge in [-0.3, -0.25) is 14.3 Å². The highest BCUT2D eigenvalue weighted by atomic mass is 35.5. The number of carbonyl (C=O) groups excluding carboxylic acids is 2. The number of aromatic nitrogens is 2. The molecule has 0 spiro atoms. The molecule has 0 aliphatic carbocycles. The number of nitrogens with zero attached hydrogens (tertiary/aromatic N) is 2. The second kappa shape index (κ2) is 8.67. The Morgan fingerprint density at radius 3 is 2.72 bits per heavy atom. The van der Waals surface area contributed by atoms with Crippen LogP contribution in [0.4, 0.5) is 5.69 Å². The van der Waals surface area contributed by atoms with Gasteiger partial charge in [-0.2, -0.15) is 5.10 Å². The molecule has 2 N–H and O–H groups in total. The first-order chi connectivity index (χ1) is 11.8. The molecule has 0 bridgehead atoms. The zero-order chi connectivity index (χ0) is 18.4. The summed E-state index contributed by atoms with van der Waals surface area (Å²) >= 11 is 5.80. The number of aryl methyl sites for hydroxylation is 1. The number of hydrogen-bond acceptors (Lipinski definition) is 3. The maximum Gasteiger partial charge on any atom is 0.251 e. The number of halogens is 1. The van der Waals surface area contributed by atoms with E-state index in [1.807, 2.05) is 26.8 Å². The lowest BCUT2D eigenvalue weighted by molar-refractivity contribution is -0.116. The average Bonchev–Trinajstić information content (AvgIpc) is 2.94. The number of benzene rings is 1. The highest BCUT2D eigenvalue weighted by molar-refractivity contribution is 6.30. The predicted molar refractivity (Wildman–Crippen MR) is 98.8 cm³/mol. The Hall–Kier alpha value is -2.34. The van der Waals surface area contributed by atoms with Crippen LogP contribution in [-0.4, -0.2) is 28.1 Å². The molecule has 0 atom stereocenters. The molecule has 1 heterocycles. The van der Waals surface area contributed by atoms with Crippen LogP contribution in [0.5, 0.6) is 0 Å². The zero-order valence-electron chi connectivity index (χ0n) is 14.7. The standard InChI is InChI=1S/C18H23ClN4O2/c1-12(2)8-17(24)22-16-9-14(5-4-13(16)3)18(25)20-6-7-23-11-15(19)10-21-23/h4-5,9-12H,6-8H2,1-3H3,(H,20,25)(H,22,24). The third kappa shape index (κ3) is 5.90. The Labute approximate surface area is 152 Å². The minimum absolute atomic E-state index is 0.0498. The van der Waals surface area contributed by atoms with Crippen molar-refractivity contribution in [3.05, 3.63) is 46.7 Å².